The van der Waals surface area contributed by atoms with Crippen molar-refractivity contribution in [3.8, 4) is 0 Å². The van der Waals surface area contributed by atoms with E-state index in [4.69, 9.17) is 4.74 Å². The van der Waals surface area contributed by atoms with Gasteiger partial charge in [-0.1, -0.05) is 0 Å². The van der Waals surface area contributed by atoms with Gasteiger partial charge in [-0.3, -0.25) is 9.69 Å². The number of carbonyl (C=O) groups is 1. The number of piperidine rings is 1. The summed E-state index contributed by atoms with van der Waals surface area (Å²) in [6, 6.07) is 0. The van der Waals surface area contributed by atoms with Crippen LogP contribution < -0.4 is 0 Å². The molecule has 0 saturated carbocycles. The molecule has 0 aromatic carbocycles. The summed E-state index contributed by atoms with van der Waals surface area (Å²) in [5, 5.41) is 3.27. The van der Waals surface area contributed by atoms with E-state index in [0.29, 0.717) is 19.1 Å². The fourth-order valence-electron chi connectivity index (χ4n) is 3.09. The molecular formula is C15H23N3O2S. The Morgan fingerprint density at radius 3 is 2.67 bits per heavy atom. The Balaban J connectivity index is 1.47. The zero-order chi connectivity index (χ0) is 14.7. The maximum atomic E-state index is 12.5. The van der Waals surface area contributed by atoms with Crippen LogP contribution in [0, 0.1) is 12.8 Å². The minimum atomic E-state index is 0.205. The van der Waals surface area contributed by atoms with E-state index in [2.05, 4.69) is 15.3 Å². The summed E-state index contributed by atoms with van der Waals surface area (Å²) in [6.07, 6.45) is 1.94. The molecule has 116 valence electrons. The Hall–Kier alpha value is -0.980. The largest absolute Gasteiger partial charge is 0.378 e. The van der Waals surface area contributed by atoms with Crippen LogP contribution in [0.3, 0.4) is 0 Å². The number of rotatable bonds is 3. The lowest BCUT2D eigenvalue weighted by Crippen LogP contribution is -2.46. The summed E-state index contributed by atoms with van der Waals surface area (Å²) in [4.78, 5) is 21.4. The second-order valence-corrected chi connectivity index (χ2v) is 6.91. The summed E-state index contributed by atoms with van der Waals surface area (Å²) in [5.74, 6) is 0.541. The van der Waals surface area contributed by atoms with Crippen LogP contribution in [0.1, 0.15) is 23.5 Å². The van der Waals surface area contributed by atoms with Crippen LogP contribution in [0.4, 0.5) is 0 Å². The molecule has 6 heteroatoms. The number of likely N-dealkylation sites (tertiary alicyclic amines) is 1. The van der Waals surface area contributed by atoms with Crippen molar-refractivity contribution in [3.63, 3.8) is 0 Å². The number of aryl methyl sites for hydroxylation is 1. The fraction of sp³-hybridized carbons (Fsp3) is 0.733. The SMILES string of the molecule is Cc1nc(CN2CCC(C(=O)N3CCOCC3)CC2)cs1. The number of nitrogens with zero attached hydrogens (tertiary/aromatic N) is 3. The van der Waals surface area contributed by atoms with Crippen LogP contribution in [0.15, 0.2) is 5.38 Å². The molecule has 3 heterocycles. The van der Waals surface area contributed by atoms with Crippen molar-refractivity contribution in [2.75, 3.05) is 39.4 Å². The van der Waals surface area contributed by atoms with E-state index >= 15 is 0 Å². The van der Waals surface area contributed by atoms with E-state index in [1.165, 1.54) is 0 Å². The van der Waals surface area contributed by atoms with Gasteiger partial charge in [0, 0.05) is 30.9 Å². The van der Waals surface area contributed by atoms with Crippen LogP contribution in [0.2, 0.25) is 0 Å². The Morgan fingerprint density at radius 1 is 1.33 bits per heavy atom. The molecule has 1 amide bonds. The molecule has 0 aliphatic carbocycles. The van der Waals surface area contributed by atoms with Crippen LogP contribution >= 0.6 is 11.3 Å². The van der Waals surface area contributed by atoms with Gasteiger partial charge in [0.05, 0.1) is 23.9 Å². The highest BCUT2D eigenvalue weighted by Gasteiger charge is 2.29. The number of carbonyl (C=O) groups excluding carboxylic acids is 1. The first-order valence-electron chi connectivity index (χ1n) is 7.72. The molecule has 0 N–H and O–H groups in total. The summed E-state index contributed by atoms with van der Waals surface area (Å²) in [7, 11) is 0. The lowest BCUT2D eigenvalue weighted by molar-refractivity contribution is -0.141. The monoisotopic (exact) mass is 309 g/mol. The Kier molecular flexibility index (Phi) is 4.87. The van der Waals surface area contributed by atoms with Crippen LogP contribution in [0.25, 0.3) is 0 Å². The molecule has 3 rings (SSSR count). The second kappa shape index (κ2) is 6.85. The molecule has 0 atom stereocenters. The van der Waals surface area contributed by atoms with E-state index in [0.717, 1.165) is 56.3 Å². The molecule has 2 fully saturated rings. The van der Waals surface area contributed by atoms with Crippen LogP contribution in [-0.2, 0) is 16.1 Å². The molecule has 0 spiro atoms. The van der Waals surface area contributed by atoms with Gasteiger partial charge in [0.25, 0.3) is 0 Å². The zero-order valence-electron chi connectivity index (χ0n) is 12.6. The van der Waals surface area contributed by atoms with Gasteiger partial charge in [0.1, 0.15) is 0 Å². The maximum absolute atomic E-state index is 12.5. The minimum absolute atomic E-state index is 0.205. The molecule has 5 nitrogen and oxygen atoms in total. The van der Waals surface area contributed by atoms with Crippen molar-refractivity contribution in [1.29, 1.82) is 0 Å². The number of hydrogen-bond acceptors (Lipinski definition) is 5. The van der Waals surface area contributed by atoms with Crippen LogP contribution in [-0.4, -0.2) is 60.1 Å². The highest BCUT2D eigenvalue weighted by molar-refractivity contribution is 7.09. The van der Waals surface area contributed by atoms with Gasteiger partial charge in [0.2, 0.25) is 5.91 Å². The molecule has 0 radical (unpaired) electrons. The Labute approximate surface area is 129 Å². The molecule has 2 aliphatic heterocycles. The first-order chi connectivity index (χ1) is 10.2. The lowest BCUT2D eigenvalue weighted by Gasteiger charge is -2.35. The average molecular weight is 309 g/mol. The standard InChI is InChI=1S/C15H23N3O2S/c1-12-16-14(11-21-12)10-17-4-2-13(3-5-17)15(19)18-6-8-20-9-7-18/h11,13H,2-10H2,1H3. The smallest absolute Gasteiger partial charge is 0.225 e. The summed E-state index contributed by atoms with van der Waals surface area (Å²) >= 11 is 1.71. The summed E-state index contributed by atoms with van der Waals surface area (Å²) < 4.78 is 5.31. The predicted molar refractivity (Wildman–Crippen MR) is 82.3 cm³/mol. The molecule has 2 aliphatic rings. The Bertz CT molecular complexity index is 477. The van der Waals surface area contributed by atoms with Gasteiger partial charge in [-0.15, -0.1) is 11.3 Å². The first kappa shape index (κ1) is 14.9. The van der Waals surface area contributed by atoms with Gasteiger partial charge in [-0.2, -0.15) is 0 Å². The van der Waals surface area contributed by atoms with E-state index in [1.807, 2.05) is 11.8 Å². The van der Waals surface area contributed by atoms with Crippen molar-refractivity contribution in [2.24, 2.45) is 5.92 Å². The third-order valence-corrected chi connectivity index (χ3v) is 5.13. The molecule has 2 saturated heterocycles. The van der Waals surface area contributed by atoms with Crippen molar-refractivity contribution < 1.29 is 9.53 Å². The van der Waals surface area contributed by atoms with E-state index < -0.39 is 0 Å². The molecule has 21 heavy (non-hydrogen) atoms. The highest BCUT2D eigenvalue weighted by Crippen LogP contribution is 2.22. The third-order valence-electron chi connectivity index (χ3n) is 4.31. The quantitative estimate of drug-likeness (QED) is 0.849. The number of aromatic nitrogens is 1. The van der Waals surface area contributed by atoms with Crippen molar-refractivity contribution in [2.45, 2.75) is 26.3 Å². The third kappa shape index (κ3) is 3.81. The van der Waals surface area contributed by atoms with Gasteiger partial charge < -0.3 is 9.64 Å². The van der Waals surface area contributed by atoms with Gasteiger partial charge in [-0.05, 0) is 32.9 Å². The van der Waals surface area contributed by atoms with Gasteiger partial charge in [-0.25, -0.2) is 4.98 Å². The van der Waals surface area contributed by atoms with Crippen molar-refractivity contribution >= 4 is 17.2 Å². The topological polar surface area (TPSA) is 45.7 Å². The second-order valence-electron chi connectivity index (χ2n) is 5.85. The number of thiazole rings is 1. The summed E-state index contributed by atoms with van der Waals surface area (Å²) in [6.45, 7) is 7.86. The van der Waals surface area contributed by atoms with Gasteiger partial charge >= 0.3 is 0 Å². The minimum Gasteiger partial charge on any atom is -0.378 e. The molecule has 1 aromatic heterocycles. The van der Waals surface area contributed by atoms with E-state index in [-0.39, 0.29) is 5.92 Å². The Morgan fingerprint density at radius 2 is 2.05 bits per heavy atom. The first-order valence-corrected chi connectivity index (χ1v) is 8.60. The predicted octanol–water partition coefficient (Wildman–Crippen LogP) is 1.52. The molecule has 0 bridgehead atoms. The van der Waals surface area contributed by atoms with E-state index in [1.54, 1.807) is 11.3 Å². The lowest BCUT2D eigenvalue weighted by atomic mass is 9.95. The average Bonchev–Trinajstić information content (AvgIpc) is 2.93. The number of amides is 1. The summed E-state index contributed by atoms with van der Waals surface area (Å²) in [5.41, 5.74) is 1.16. The number of ether oxygens (including phenoxy) is 1. The highest BCUT2D eigenvalue weighted by atomic mass is 32.1. The number of morpholine rings is 1. The fourth-order valence-corrected chi connectivity index (χ4v) is 3.69. The van der Waals surface area contributed by atoms with Gasteiger partial charge in [0.15, 0.2) is 0 Å². The zero-order valence-corrected chi connectivity index (χ0v) is 13.4. The normalized spacial score (nSPS) is 21.7. The molecule has 0 unspecified atom stereocenters. The molecule has 1 aromatic rings. The van der Waals surface area contributed by atoms with Crippen molar-refractivity contribution in [1.82, 2.24) is 14.8 Å². The van der Waals surface area contributed by atoms with Crippen LogP contribution in [0.5, 0.6) is 0 Å². The molecular weight excluding hydrogens is 286 g/mol. The maximum Gasteiger partial charge on any atom is 0.225 e. The van der Waals surface area contributed by atoms with E-state index in [9.17, 15) is 4.79 Å². The van der Waals surface area contributed by atoms with Crippen molar-refractivity contribution in [3.05, 3.63) is 16.1 Å². The number of hydrogen-bond donors (Lipinski definition) is 0.